The number of carbonyl (C=O) groups is 2. The van der Waals surface area contributed by atoms with Crippen LogP contribution in [0.3, 0.4) is 0 Å². The van der Waals surface area contributed by atoms with E-state index in [4.69, 9.17) is 4.74 Å². The van der Waals surface area contributed by atoms with Crippen LogP contribution in [0.1, 0.15) is 22.8 Å². The lowest BCUT2D eigenvalue weighted by atomic mass is 10.1. The summed E-state index contributed by atoms with van der Waals surface area (Å²) < 4.78 is 31.2. The number of anilines is 1. The Bertz CT molecular complexity index is 748. The number of carbonyl (C=O) groups excluding carboxylic acids is 2. The SMILES string of the molecule is CCOC(=O)CN(C(=O)c1ccc(F)cc1C)c1ccc(F)cn1. The van der Waals surface area contributed by atoms with E-state index in [-0.39, 0.29) is 24.5 Å². The van der Waals surface area contributed by atoms with E-state index >= 15 is 0 Å². The molecule has 0 bridgehead atoms. The van der Waals surface area contributed by atoms with Crippen molar-refractivity contribution >= 4 is 17.7 Å². The number of pyridine rings is 1. The van der Waals surface area contributed by atoms with E-state index in [9.17, 15) is 18.4 Å². The van der Waals surface area contributed by atoms with Crippen molar-refractivity contribution in [3.63, 3.8) is 0 Å². The van der Waals surface area contributed by atoms with Crippen molar-refractivity contribution in [2.24, 2.45) is 0 Å². The number of benzene rings is 1. The average molecular weight is 334 g/mol. The Morgan fingerprint density at radius 3 is 2.46 bits per heavy atom. The number of ether oxygens (including phenoxy) is 1. The second-order valence-corrected chi connectivity index (χ2v) is 4.99. The average Bonchev–Trinajstić information content (AvgIpc) is 2.53. The first-order chi connectivity index (χ1) is 11.4. The van der Waals surface area contributed by atoms with Crippen LogP contribution in [-0.2, 0) is 9.53 Å². The highest BCUT2D eigenvalue weighted by atomic mass is 19.1. The van der Waals surface area contributed by atoms with Crippen LogP contribution in [0, 0.1) is 18.6 Å². The number of hydrogen-bond acceptors (Lipinski definition) is 4. The Kier molecular flexibility index (Phi) is 5.57. The maximum Gasteiger partial charge on any atom is 0.326 e. The van der Waals surface area contributed by atoms with Crippen LogP contribution in [0.2, 0.25) is 0 Å². The van der Waals surface area contributed by atoms with Gasteiger partial charge in [-0.1, -0.05) is 0 Å². The summed E-state index contributed by atoms with van der Waals surface area (Å²) in [7, 11) is 0. The molecule has 0 saturated heterocycles. The third kappa shape index (κ3) is 4.13. The molecule has 0 atom stereocenters. The molecule has 2 rings (SSSR count). The molecule has 0 saturated carbocycles. The molecule has 24 heavy (non-hydrogen) atoms. The summed E-state index contributed by atoms with van der Waals surface area (Å²) in [6.07, 6.45) is 0.943. The van der Waals surface area contributed by atoms with Crippen molar-refractivity contribution in [3.05, 3.63) is 59.3 Å². The predicted octanol–water partition coefficient (Wildman–Crippen LogP) is 2.88. The molecule has 2 aromatic rings. The predicted molar refractivity (Wildman–Crippen MR) is 83.6 cm³/mol. The van der Waals surface area contributed by atoms with Crippen molar-refractivity contribution < 1.29 is 23.1 Å². The topological polar surface area (TPSA) is 59.5 Å². The zero-order valence-electron chi connectivity index (χ0n) is 13.3. The minimum atomic E-state index is -0.628. The number of nitrogens with zero attached hydrogens (tertiary/aromatic N) is 2. The van der Waals surface area contributed by atoms with Crippen molar-refractivity contribution in [2.75, 3.05) is 18.1 Å². The third-order valence-electron chi connectivity index (χ3n) is 3.24. The second kappa shape index (κ2) is 7.63. The lowest BCUT2D eigenvalue weighted by Gasteiger charge is -2.21. The number of amides is 1. The molecule has 0 radical (unpaired) electrons. The number of halogens is 2. The molecule has 0 unspecified atom stereocenters. The van der Waals surface area contributed by atoms with Crippen molar-refractivity contribution in [3.8, 4) is 0 Å². The summed E-state index contributed by atoms with van der Waals surface area (Å²) >= 11 is 0. The fourth-order valence-electron chi connectivity index (χ4n) is 2.13. The molecule has 0 spiro atoms. The molecule has 7 heteroatoms. The highest BCUT2D eigenvalue weighted by molar-refractivity contribution is 6.08. The molecule has 0 aliphatic rings. The van der Waals surface area contributed by atoms with Gasteiger partial charge in [0.15, 0.2) is 0 Å². The fraction of sp³-hybridized carbons (Fsp3) is 0.235. The van der Waals surface area contributed by atoms with Gasteiger partial charge in [-0.3, -0.25) is 14.5 Å². The maximum absolute atomic E-state index is 13.2. The van der Waals surface area contributed by atoms with Crippen molar-refractivity contribution in [1.82, 2.24) is 4.98 Å². The van der Waals surface area contributed by atoms with Crippen molar-refractivity contribution in [1.29, 1.82) is 0 Å². The van der Waals surface area contributed by atoms with Gasteiger partial charge in [0.2, 0.25) is 0 Å². The van der Waals surface area contributed by atoms with Gasteiger partial charge in [0.05, 0.1) is 12.8 Å². The lowest BCUT2D eigenvalue weighted by molar-refractivity contribution is -0.141. The molecule has 126 valence electrons. The summed E-state index contributed by atoms with van der Waals surface area (Å²) in [5, 5.41) is 0. The summed E-state index contributed by atoms with van der Waals surface area (Å²) in [5.41, 5.74) is 0.628. The highest BCUT2D eigenvalue weighted by Crippen LogP contribution is 2.18. The highest BCUT2D eigenvalue weighted by Gasteiger charge is 2.24. The van der Waals surface area contributed by atoms with Gasteiger partial charge in [-0.05, 0) is 49.7 Å². The molecule has 0 aliphatic carbocycles. The Morgan fingerprint density at radius 2 is 1.88 bits per heavy atom. The monoisotopic (exact) mass is 334 g/mol. The summed E-state index contributed by atoms with van der Waals surface area (Å²) in [6.45, 7) is 3.00. The number of esters is 1. The van der Waals surface area contributed by atoms with Gasteiger partial charge < -0.3 is 4.74 Å². The quantitative estimate of drug-likeness (QED) is 0.789. The van der Waals surface area contributed by atoms with Crippen LogP contribution in [0.5, 0.6) is 0 Å². The molecule has 0 N–H and O–H groups in total. The Hall–Kier alpha value is -2.83. The molecule has 1 amide bonds. The molecule has 0 aliphatic heterocycles. The van der Waals surface area contributed by atoms with Gasteiger partial charge in [-0.25, -0.2) is 13.8 Å². The number of aromatic nitrogens is 1. The van der Waals surface area contributed by atoms with Crippen LogP contribution < -0.4 is 4.90 Å². The van der Waals surface area contributed by atoms with E-state index in [1.807, 2.05) is 0 Å². The molecular formula is C17H16F2N2O3. The first kappa shape index (κ1) is 17.5. The van der Waals surface area contributed by atoms with E-state index in [1.54, 1.807) is 13.8 Å². The van der Waals surface area contributed by atoms with Gasteiger partial charge in [0.25, 0.3) is 5.91 Å². The summed E-state index contributed by atoms with van der Waals surface area (Å²) in [6, 6.07) is 6.11. The van der Waals surface area contributed by atoms with Crippen LogP contribution >= 0.6 is 0 Å². The zero-order valence-corrected chi connectivity index (χ0v) is 13.3. The van der Waals surface area contributed by atoms with Gasteiger partial charge >= 0.3 is 5.97 Å². The normalized spacial score (nSPS) is 10.3. The Labute approximate surface area is 137 Å². The van der Waals surface area contributed by atoms with E-state index < -0.39 is 23.5 Å². The summed E-state index contributed by atoms with van der Waals surface area (Å²) in [5.74, 6) is -2.13. The van der Waals surface area contributed by atoms with E-state index in [0.29, 0.717) is 5.56 Å². The molecule has 1 aromatic heterocycles. The van der Waals surface area contributed by atoms with Gasteiger partial charge in [-0.15, -0.1) is 0 Å². The molecule has 1 aromatic carbocycles. The van der Waals surface area contributed by atoms with Crippen molar-refractivity contribution in [2.45, 2.75) is 13.8 Å². The van der Waals surface area contributed by atoms with Crippen LogP contribution in [0.25, 0.3) is 0 Å². The van der Waals surface area contributed by atoms with Crippen LogP contribution in [-0.4, -0.2) is 30.0 Å². The Balaban J connectivity index is 2.38. The third-order valence-corrected chi connectivity index (χ3v) is 3.24. The first-order valence-corrected chi connectivity index (χ1v) is 7.27. The molecule has 5 nitrogen and oxygen atoms in total. The van der Waals surface area contributed by atoms with Gasteiger partial charge in [0, 0.05) is 5.56 Å². The van der Waals surface area contributed by atoms with Crippen LogP contribution in [0.4, 0.5) is 14.6 Å². The minimum absolute atomic E-state index is 0.0955. The minimum Gasteiger partial charge on any atom is -0.465 e. The zero-order chi connectivity index (χ0) is 17.7. The van der Waals surface area contributed by atoms with Gasteiger partial charge in [-0.2, -0.15) is 0 Å². The lowest BCUT2D eigenvalue weighted by Crippen LogP contribution is -2.37. The van der Waals surface area contributed by atoms with Gasteiger partial charge in [0.1, 0.15) is 24.0 Å². The van der Waals surface area contributed by atoms with E-state index in [2.05, 4.69) is 4.98 Å². The number of aryl methyl sites for hydroxylation is 1. The standard InChI is InChI=1S/C17H16F2N2O3/c1-3-24-16(22)10-21(15-7-5-13(19)9-20-15)17(23)14-6-4-12(18)8-11(14)2/h4-9H,3,10H2,1-2H3. The largest absolute Gasteiger partial charge is 0.465 e. The van der Waals surface area contributed by atoms with Crippen LogP contribution in [0.15, 0.2) is 36.5 Å². The maximum atomic E-state index is 13.2. The fourth-order valence-corrected chi connectivity index (χ4v) is 2.13. The number of rotatable bonds is 5. The number of hydrogen-bond donors (Lipinski definition) is 0. The first-order valence-electron chi connectivity index (χ1n) is 7.27. The smallest absolute Gasteiger partial charge is 0.326 e. The summed E-state index contributed by atoms with van der Waals surface area (Å²) in [4.78, 5) is 29.5. The second-order valence-electron chi connectivity index (χ2n) is 4.99. The van der Waals surface area contributed by atoms with E-state index in [0.717, 1.165) is 23.2 Å². The Morgan fingerprint density at radius 1 is 1.17 bits per heavy atom. The molecule has 1 heterocycles. The van der Waals surface area contributed by atoms with E-state index in [1.165, 1.54) is 18.2 Å². The molecular weight excluding hydrogens is 318 g/mol. The molecule has 0 fully saturated rings.